The molecular weight excluding hydrogens is 193 g/mol. The van der Waals surface area contributed by atoms with E-state index in [0.29, 0.717) is 14.2 Å². The fourth-order valence-electron chi connectivity index (χ4n) is 1.30. The lowest BCUT2D eigenvalue weighted by Gasteiger charge is -2.17. The number of hydrogen-bond acceptors (Lipinski definition) is 3. The molecule has 0 bridgehead atoms. The van der Waals surface area contributed by atoms with Crippen molar-refractivity contribution in [2.24, 2.45) is 15.7 Å². The third-order valence-electron chi connectivity index (χ3n) is 1.97. The van der Waals surface area contributed by atoms with E-state index in [4.69, 9.17) is 5.73 Å². The van der Waals surface area contributed by atoms with Gasteiger partial charge in [0.2, 0.25) is 0 Å². The lowest BCUT2D eigenvalue weighted by Crippen LogP contribution is -2.13. The Morgan fingerprint density at radius 3 is 2.93 bits per heavy atom. The van der Waals surface area contributed by atoms with Crippen LogP contribution in [0, 0.1) is 0 Å². The lowest BCUT2D eigenvalue weighted by molar-refractivity contribution is 1.19. The van der Waals surface area contributed by atoms with Crippen LogP contribution in [0.25, 0.3) is 0 Å². The van der Waals surface area contributed by atoms with E-state index in [1.807, 2.05) is 26.3 Å². The predicted octanol–water partition coefficient (Wildman–Crippen LogP) is 1.91. The second-order valence-electron chi connectivity index (χ2n) is 3.20. The van der Waals surface area contributed by atoms with Crippen LogP contribution >= 0.6 is 8.58 Å². The molecule has 76 valence electrons. The number of nitrogens with zero attached hydrogens (tertiary/aromatic N) is 2. The predicted molar refractivity (Wildman–Crippen MR) is 65.7 cm³/mol. The Morgan fingerprint density at radius 1 is 1.71 bits per heavy atom. The Labute approximate surface area is 86.7 Å². The van der Waals surface area contributed by atoms with E-state index in [1.54, 1.807) is 7.05 Å². The first-order chi connectivity index (χ1) is 6.65. The van der Waals surface area contributed by atoms with Crippen molar-refractivity contribution >= 4 is 20.2 Å². The van der Waals surface area contributed by atoms with Gasteiger partial charge in [0.05, 0.1) is 0 Å². The summed E-state index contributed by atoms with van der Waals surface area (Å²) in [6.45, 7) is 3.96. The van der Waals surface area contributed by atoms with Crippen LogP contribution in [0.5, 0.6) is 0 Å². The summed E-state index contributed by atoms with van der Waals surface area (Å²) >= 11 is 0. The second kappa shape index (κ2) is 5.06. The summed E-state index contributed by atoms with van der Waals surface area (Å²) in [5.41, 5.74) is 9.30. The van der Waals surface area contributed by atoms with Gasteiger partial charge in [0, 0.05) is 36.3 Å². The molecule has 3 nitrogen and oxygen atoms in total. The van der Waals surface area contributed by atoms with E-state index in [2.05, 4.69) is 16.1 Å². The van der Waals surface area contributed by atoms with E-state index in [0.717, 1.165) is 11.3 Å². The highest BCUT2D eigenvalue weighted by atomic mass is 31.1. The van der Waals surface area contributed by atoms with E-state index in [9.17, 15) is 0 Å². The maximum atomic E-state index is 5.82. The van der Waals surface area contributed by atoms with E-state index in [1.165, 1.54) is 5.45 Å². The number of hydrogen-bond donors (Lipinski definition) is 1. The molecule has 0 aromatic heterocycles. The van der Waals surface area contributed by atoms with Gasteiger partial charge >= 0.3 is 0 Å². The third kappa shape index (κ3) is 2.78. The maximum absolute atomic E-state index is 5.82. The molecule has 1 heterocycles. The first-order valence-electron chi connectivity index (χ1n) is 4.51. The van der Waals surface area contributed by atoms with Gasteiger partial charge in [-0.1, -0.05) is 14.7 Å². The van der Waals surface area contributed by atoms with E-state index >= 15 is 0 Å². The summed E-state index contributed by atoms with van der Waals surface area (Å²) in [4.78, 5) is 8.25. The van der Waals surface area contributed by atoms with Gasteiger partial charge in [-0.05, 0) is 19.4 Å². The summed E-state index contributed by atoms with van der Waals surface area (Å²) in [6.07, 6.45) is 5.78. The minimum absolute atomic E-state index is 0.362. The highest BCUT2D eigenvalue weighted by molar-refractivity contribution is 7.59. The second-order valence-corrected chi connectivity index (χ2v) is 4.84. The zero-order valence-corrected chi connectivity index (χ0v) is 9.78. The molecule has 1 aliphatic rings. The van der Waals surface area contributed by atoms with Crippen molar-refractivity contribution in [2.45, 2.75) is 19.5 Å². The summed E-state index contributed by atoms with van der Waals surface area (Å²) in [5.74, 6) is 0. The molecule has 0 aromatic carbocycles. The number of nitrogens with two attached hydrogens (primary N) is 1. The molecule has 0 saturated heterocycles. The first kappa shape index (κ1) is 11.1. The van der Waals surface area contributed by atoms with Crippen molar-refractivity contribution in [1.82, 2.24) is 0 Å². The molecule has 4 heteroatoms. The highest BCUT2D eigenvalue weighted by Gasteiger charge is 2.14. The quantitative estimate of drug-likeness (QED) is 0.548. The topological polar surface area (TPSA) is 50.7 Å². The molecule has 2 N–H and O–H groups in total. The molecular formula is C10H16N3P. The van der Waals surface area contributed by atoms with Gasteiger partial charge < -0.3 is 5.73 Å². The molecule has 0 amide bonds. The molecule has 1 rings (SSSR count). The van der Waals surface area contributed by atoms with Crippen molar-refractivity contribution in [3.05, 3.63) is 23.5 Å². The van der Waals surface area contributed by atoms with Crippen molar-refractivity contribution in [1.29, 1.82) is 0 Å². The monoisotopic (exact) mass is 209 g/mol. The van der Waals surface area contributed by atoms with Gasteiger partial charge in [0.1, 0.15) is 0 Å². The summed E-state index contributed by atoms with van der Waals surface area (Å²) in [7, 11) is 2.45. The Morgan fingerprint density at radius 2 is 2.43 bits per heavy atom. The van der Waals surface area contributed by atoms with Crippen LogP contribution in [0.4, 0.5) is 0 Å². The minimum atomic E-state index is 0.362. The molecule has 0 spiro atoms. The van der Waals surface area contributed by atoms with Crippen LogP contribution in [-0.4, -0.2) is 24.4 Å². The van der Waals surface area contributed by atoms with Gasteiger partial charge in [0.25, 0.3) is 0 Å². The van der Waals surface area contributed by atoms with Crippen LogP contribution in [0.1, 0.15) is 13.8 Å². The SMILES string of the molecule is CN=C/C(=C(\C)N)C1C=CN=C(C)P1. The van der Waals surface area contributed by atoms with Crippen LogP contribution < -0.4 is 5.73 Å². The van der Waals surface area contributed by atoms with E-state index < -0.39 is 0 Å². The minimum Gasteiger partial charge on any atom is -0.402 e. The molecule has 1 aliphatic heterocycles. The number of aliphatic imine (C=N–C) groups is 2. The maximum Gasteiger partial charge on any atom is 0.0355 e. The summed E-state index contributed by atoms with van der Waals surface area (Å²) in [6, 6.07) is 0. The lowest BCUT2D eigenvalue weighted by atomic mass is 10.1. The highest BCUT2D eigenvalue weighted by Crippen LogP contribution is 2.31. The standard InChI is InChI=1S/C10H16N3P/c1-7(11)9(6-12-3)10-4-5-13-8(2)14-10/h4-6,10,14H,11H2,1-3H3/b9-7-,12-6?. The molecule has 0 fully saturated rings. The Bertz CT molecular complexity index is 322. The van der Waals surface area contributed by atoms with Crippen LogP contribution in [0.2, 0.25) is 0 Å². The average Bonchev–Trinajstić information content (AvgIpc) is 2.13. The average molecular weight is 209 g/mol. The van der Waals surface area contributed by atoms with Gasteiger partial charge in [-0.2, -0.15) is 0 Å². The van der Waals surface area contributed by atoms with Gasteiger partial charge in [0.15, 0.2) is 0 Å². The molecule has 14 heavy (non-hydrogen) atoms. The molecule has 0 saturated carbocycles. The van der Waals surface area contributed by atoms with Gasteiger partial charge in [-0.3, -0.25) is 9.98 Å². The van der Waals surface area contributed by atoms with Crippen LogP contribution in [0.15, 0.2) is 33.5 Å². The van der Waals surface area contributed by atoms with E-state index in [-0.39, 0.29) is 0 Å². The molecule has 2 atom stereocenters. The zero-order valence-electron chi connectivity index (χ0n) is 8.78. The Hall–Kier alpha value is -0.950. The smallest absolute Gasteiger partial charge is 0.0355 e. The van der Waals surface area contributed by atoms with Crippen molar-refractivity contribution in [3.63, 3.8) is 0 Å². The van der Waals surface area contributed by atoms with Gasteiger partial charge in [-0.25, -0.2) is 0 Å². The third-order valence-corrected chi connectivity index (χ3v) is 3.33. The van der Waals surface area contributed by atoms with Crippen LogP contribution in [-0.2, 0) is 0 Å². The fourth-order valence-corrected chi connectivity index (χ4v) is 2.54. The largest absolute Gasteiger partial charge is 0.402 e. The summed E-state index contributed by atoms with van der Waals surface area (Å²) < 4.78 is 0. The first-order valence-corrected chi connectivity index (χ1v) is 5.59. The normalized spacial score (nSPS) is 25.4. The Balaban J connectivity index is 2.88. The van der Waals surface area contributed by atoms with Gasteiger partial charge in [-0.15, -0.1) is 0 Å². The van der Waals surface area contributed by atoms with Crippen molar-refractivity contribution < 1.29 is 0 Å². The molecule has 0 radical (unpaired) electrons. The molecule has 0 aromatic rings. The molecule has 2 unspecified atom stereocenters. The Kier molecular flexibility index (Phi) is 4.02. The fraction of sp³-hybridized carbons (Fsp3) is 0.400. The molecule has 0 aliphatic carbocycles. The number of rotatable bonds is 2. The summed E-state index contributed by atoms with van der Waals surface area (Å²) in [5, 5.41) is 0. The number of allylic oxidation sites excluding steroid dienone is 3. The van der Waals surface area contributed by atoms with Crippen molar-refractivity contribution in [3.8, 4) is 0 Å². The van der Waals surface area contributed by atoms with Crippen LogP contribution in [0.3, 0.4) is 0 Å². The van der Waals surface area contributed by atoms with Crippen molar-refractivity contribution in [2.75, 3.05) is 7.05 Å². The zero-order chi connectivity index (χ0) is 10.6.